The SMILES string of the molecule is CCCc1nnc2sc(-c3ccc(C)c(Cl)c3)nn12. The van der Waals surface area contributed by atoms with Crippen LogP contribution >= 0.6 is 22.9 Å². The van der Waals surface area contributed by atoms with Crippen molar-refractivity contribution in [3.8, 4) is 10.6 Å². The van der Waals surface area contributed by atoms with Gasteiger partial charge in [-0.15, -0.1) is 10.2 Å². The van der Waals surface area contributed by atoms with Gasteiger partial charge in [0.15, 0.2) is 5.82 Å². The summed E-state index contributed by atoms with van der Waals surface area (Å²) in [6, 6.07) is 5.99. The highest BCUT2D eigenvalue weighted by Crippen LogP contribution is 2.28. The summed E-state index contributed by atoms with van der Waals surface area (Å²) in [5.41, 5.74) is 2.09. The van der Waals surface area contributed by atoms with Gasteiger partial charge in [0.2, 0.25) is 4.96 Å². The van der Waals surface area contributed by atoms with Gasteiger partial charge in [-0.3, -0.25) is 0 Å². The van der Waals surface area contributed by atoms with Crippen LogP contribution in [0.4, 0.5) is 0 Å². The van der Waals surface area contributed by atoms with E-state index in [1.54, 1.807) is 0 Å². The molecule has 2 heterocycles. The van der Waals surface area contributed by atoms with E-state index >= 15 is 0 Å². The predicted molar refractivity (Wildman–Crippen MR) is 77.8 cm³/mol. The van der Waals surface area contributed by atoms with E-state index in [0.29, 0.717) is 0 Å². The van der Waals surface area contributed by atoms with Gasteiger partial charge in [0, 0.05) is 17.0 Å². The van der Waals surface area contributed by atoms with Crippen molar-refractivity contribution >= 4 is 27.9 Å². The fourth-order valence-electron chi connectivity index (χ4n) is 1.88. The largest absolute Gasteiger partial charge is 0.234 e. The number of hydrogen-bond acceptors (Lipinski definition) is 4. The molecule has 0 atom stereocenters. The number of rotatable bonds is 3. The molecule has 0 saturated heterocycles. The molecule has 2 aromatic heterocycles. The van der Waals surface area contributed by atoms with Crippen LogP contribution in [0.25, 0.3) is 15.5 Å². The predicted octanol–water partition coefficient (Wildman–Crippen LogP) is 3.77. The lowest BCUT2D eigenvalue weighted by atomic mass is 10.2. The molecule has 0 bridgehead atoms. The fraction of sp³-hybridized carbons (Fsp3) is 0.308. The van der Waals surface area contributed by atoms with Crippen LogP contribution in [-0.2, 0) is 6.42 Å². The van der Waals surface area contributed by atoms with Gasteiger partial charge >= 0.3 is 0 Å². The average molecular weight is 293 g/mol. The van der Waals surface area contributed by atoms with Crippen molar-refractivity contribution in [3.05, 3.63) is 34.6 Å². The monoisotopic (exact) mass is 292 g/mol. The molecule has 3 aromatic rings. The van der Waals surface area contributed by atoms with Crippen LogP contribution in [-0.4, -0.2) is 19.8 Å². The molecule has 19 heavy (non-hydrogen) atoms. The molecular formula is C13H13ClN4S. The van der Waals surface area contributed by atoms with Crippen molar-refractivity contribution in [1.29, 1.82) is 0 Å². The molecule has 0 aliphatic heterocycles. The number of halogens is 1. The average Bonchev–Trinajstić information content (AvgIpc) is 2.95. The highest BCUT2D eigenvalue weighted by Gasteiger charge is 2.12. The molecule has 98 valence electrons. The first-order valence-corrected chi connectivity index (χ1v) is 7.36. The third-order valence-electron chi connectivity index (χ3n) is 2.95. The first kappa shape index (κ1) is 12.6. The van der Waals surface area contributed by atoms with Crippen molar-refractivity contribution < 1.29 is 0 Å². The molecule has 0 radical (unpaired) electrons. The Morgan fingerprint density at radius 2 is 2.16 bits per heavy atom. The summed E-state index contributed by atoms with van der Waals surface area (Å²) < 4.78 is 1.83. The Bertz CT molecular complexity index is 731. The number of aromatic nitrogens is 4. The van der Waals surface area contributed by atoms with Gasteiger partial charge in [-0.05, 0) is 25.0 Å². The van der Waals surface area contributed by atoms with Crippen LogP contribution < -0.4 is 0 Å². The Balaban J connectivity index is 2.07. The molecule has 0 amide bonds. The molecule has 1 aromatic carbocycles. The third kappa shape index (κ3) is 2.24. The normalized spacial score (nSPS) is 11.3. The van der Waals surface area contributed by atoms with Gasteiger partial charge < -0.3 is 0 Å². The molecule has 0 aliphatic rings. The Hall–Kier alpha value is -1.46. The summed E-state index contributed by atoms with van der Waals surface area (Å²) in [6.07, 6.45) is 1.92. The van der Waals surface area contributed by atoms with Crippen LogP contribution in [0.15, 0.2) is 18.2 Å². The highest BCUT2D eigenvalue weighted by molar-refractivity contribution is 7.19. The summed E-state index contributed by atoms with van der Waals surface area (Å²) in [7, 11) is 0. The van der Waals surface area contributed by atoms with Crippen LogP contribution in [0.2, 0.25) is 5.02 Å². The van der Waals surface area contributed by atoms with Gasteiger partial charge in [-0.2, -0.15) is 9.61 Å². The quantitative estimate of drug-likeness (QED) is 0.738. The van der Waals surface area contributed by atoms with E-state index in [4.69, 9.17) is 11.6 Å². The minimum atomic E-state index is 0.761. The number of benzene rings is 1. The van der Waals surface area contributed by atoms with Gasteiger partial charge in [0.05, 0.1) is 0 Å². The minimum absolute atomic E-state index is 0.761. The van der Waals surface area contributed by atoms with E-state index in [1.165, 1.54) is 11.3 Å². The molecule has 4 nitrogen and oxygen atoms in total. The van der Waals surface area contributed by atoms with Crippen LogP contribution in [0.3, 0.4) is 0 Å². The van der Waals surface area contributed by atoms with Gasteiger partial charge in [-0.25, -0.2) is 0 Å². The zero-order chi connectivity index (χ0) is 13.4. The maximum atomic E-state index is 6.16. The Morgan fingerprint density at radius 3 is 2.89 bits per heavy atom. The summed E-state index contributed by atoms with van der Waals surface area (Å²) in [4.78, 5) is 0.829. The molecule has 0 N–H and O–H groups in total. The molecule has 3 rings (SSSR count). The van der Waals surface area contributed by atoms with Gasteiger partial charge in [0.1, 0.15) is 5.01 Å². The lowest BCUT2D eigenvalue weighted by Gasteiger charge is -1.99. The van der Waals surface area contributed by atoms with E-state index in [0.717, 1.165) is 44.8 Å². The van der Waals surface area contributed by atoms with Crippen LogP contribution in [0.1, 0.15) is 24.7 Å². The first-order chi connectivity index (χ1) is 9.19. The Morgan fingerprint density at radius 1 is 1.32 bits per heavy atom. The minimum Gasteiger partial charge on any atom is -0.187 e. The lowest BCUT2D eigenvalue weighted by Crippen LogP contribution is -1.95. The maximum absolute atomic E-state index is 6.16. The molecule has 0 unspecified atom stereocenters. The lowest BCUT2D eigenvalue weighted by molar-refractivity contribution is 0.778. The Labute approximate surface area is 120 Å². The molecule has 0 aliphatic carbocycles. The summed E-state index contributed by atoms with van der Waals surface area (Å²) in [5.74, 6) is 0.915. The zero-order valence-corrected chi connectivity index (χ0v) is 12.3. The molecule has 0 fully saturated rings. The molecule has 6 heteroatoms. The Kier molecular flexibility index (Phi) is 3.24. The number of hydrogen-bond donors (Lipinski definition) is 0. The molecule has 0 saturated carbocycles. The van der Waals surface area contributed by atoms with Crippen LogP contribution in [0.5, 0.6) is 0 Å². The topological polar surface area (TPSA) is 43.1 Å². The van der Waals surface area contributed by atoms with E-state index in [9.17, 15) is 0 Å². The number of nitrogens with zero attached hydrogens (tertiary/aromatic N) is 4. The van der Waals surface area contributed by atoms with E-state index in [2.05, 4.69) is 22.2 Å². The maximum Gasteiger partial charge on any atom is 0.234 e. The zero-order valence-electron chi connectivity index (χ0n) is 10.7. The second-order valence-electron chi connectivity index (χ2n) is 4.43. The second kappa shape index (κ2) is 4.90. The van der Waals surface area contributed by atoms with Crippen molar-refractivity contribution in [2.24, 2.45) is 0 Å². The van der Waals surface area contributed by atoms with Crippen LogP contribution in [0, 0.1) is 6.92 Å². The highest BCUT2D eigenvalue weighted by atomic mass is 35.5. The molecule has 0 spiro atoms. The van der Waals surface area contributed by atoms with Crippen molar-refractivity contribution in [1.82, 2.24) is 19.8 Å². The van der Waals surface area contributed by atoms with E-state index in [-0.39, 0.29) is 0 Å². The van der Waals surface area contributed by atoms with Gasteiger partial charge in [-0.1, -0.05) is 42.0 Å². The number of fused-ring (bicyclic) bond motifs is 1. The summed E-state index contributed by atoms with van der Waals surface area (Å²) in [5, 5.41) is 14.6. The summed E-state index contributed by atoms with van der Waals surface area (Å²) >= 11 is 7.69. The number of aryl methyl sites for hydroxylation is 2. The van der Waals surface area contributed by atoms with Crippen molar-refractivity contribution in [3.63, 3.8) is 0 Å². The van der Waals surface area contributed by atoms with Gasteiger partial charge in [0.25, 0.3) is 0 Å². The van der Waals surface area contributed by atoms with Crippen molar-refractivity contribution in [2.75, 3.05) is 0 Å². The third-order valence-corrected chi connectivity index (χ3v) is 4.30. The first-order valence-electron chi connectivity index (χ1n) is 6.16. The smallest absolute Gasteiger partial charge is 0.187 e. The van der Waals surface area contributed by atoms with Crippen molar-refractivity contribution in [2.45, 2.75) is 26.7 Å². The van der Waals surface area contributed by atoms with E-state index < -0.39 is 0 Å². The fourth-order valence-corrected chi connectivity index (χ4v) is 2.91. The molecular weight excluding hydrogens is 280 g/mol. The standard InChI is InChI=1S/C13H13ClN4S/c1-3-4-11-15-16-13-18(11)17-12(19-13)9-6-5-8(2)10(14)7-9/h5-7H,3-4H2,1-2H3. The van der Waals surface area contributed by atoms with E-state index in [1.807, 2.05) is 29.6 Å². The summed E-state index contributed by atoms with van der Waals surface area (Å²) in [6.45, 7) is 4.11. The second-order valence-corrected chi connectivity index (χ2v) is 5.79.